The molecule has 5 nitrogen and oxygen atoms in total. The van der Waals surface area contributed by atoms with Crippen molar-refractivity contribution in [1.29, 1.82) is 0 Å². The molecule has 1 aliphatic rings. The number of nitrogens with one attached hydrogen (secondary N) is 2. The first kappa shape index (κ1) is 15.5. The monoisotopic (exact) mass is 291 g/mol. The minimum absolute atomic E-state index is 0.0621. The predicted molar refractivity (Wildman–Crippen MR) is 85.0 cm³/mol. The molecule has 1 fully saturated rings. The molecule has 116 valence electrons. The smallest absolute Gasteiger partial charge is 0.315 e. The van der Waals surface area contributed by atoms with Crippen LogP contribution in [0.15, 0.2) is 24.3 Å². The molecule has 0 atom stereocenters. The van der Waals surface area contributed by atoms with E-state index >= 15 is 0 Å². The molecule has 1 aliphatic heterocycles. The first-order chi connectivity index (χ1) is 10.1. The maximum atomic E-state index is 11.7. The Morgan fingerprint density at radius 2 is 1.86 bits per heavy atom. The van der Waals surface area contributed by atoms with Gasteiger partial charge in [-0.25, -0.2) is 4.79 Å². The summed E-state index contributed by atoms with van der Waals surface area (Å²) in [6.07, 6.45) is 1.94. The molecule has 1 aromatic carbocycles. The lowest BCUT2D eigenvalue weighted by Gasteiger charge is -2.34. The molecule has 0 aromatic heterocycles. The molecule has 0 saturated carbocycles. The molecule has 1 aromatic rings. The second-order valence-corrected chi connectivity index (χ2v) is 5.73. The number of rotatable bonds is 4. The molecule has 1 heterocycles. The molecule has 2 rings (SSSR count). The number of carbonyl (C=O) groups is 1. The van der Waals surface area contributed by atoms with Crippen LogP contribution in [0.25, 0.3) is 0 Å². The van der Waals surface area contributed by atoms with Crippen molar-refractivity contribution in [3.05, 3.63) is 24.3 Å². The van der Waals surface area contributed by atoms with E-state index < -0.39 is 0 Å². The number of nitrogens with zero attached hydrogens (tertiary/aromatic N) is 1. The summed E-state index contributed by atoms with van der Waals surface area (Å²) >= 11 is 0. The standard InChI is InChI=1S/C16H25N3O2/c1-12(2)17-16(20)18-13-8-10-19(11-9-13)14-4-6-15(21-3)7-5-14/h4-7,12-13H,8-11H2,1-3H3,(H2,17,18,20). The average Bonchev–Trinajstić information content (AvgIpc) is 2.47. The highest BCUT2D eigenvalue weighted by Crippen LogP contribution is 2.22. The lowest BCUT2D eigenvalue weighted by Crippen LogP contribution is -2.49. The van der Waals surface area contributed by atoms with E-state index in [1.807, 2.05) is 26.0 Å². The summed E-state index contributed by atoms with van der Waals surface area (Å²) < 4.78 is 5.18. The van der Waals surface area contributed by atoms with Crippen molar-refractivity contribution in [3.8, 4) is 5.75 Å². The van der Waals surface area contributed by atoms with E-state index in [0.717, 1.165) is 31.7 Å². The Morgan fingerprint density at radius 3 is 2.38 bits per heavy atom. The molecular weight excluding hydrogens is 266 g/mol. The Labute approximate surface area is 126 Å². The van der Waals surface area contributed by atoms with Crippen molar-refractivity contribution in [2.45, 2.75) is 38.8 Å². The lowest BCUT2D eigenvalue weighted by molar-refractivity contribution is 0.232. The third kappa shape index (κ3) is 4.55. The van der Waals surface area contributed by atoms with Crippen LogP contribution in [0.4, 0.5) is 10.5 Å². The van der Waals surface area contributed by atoms with E-state index in [-0.39, 0.29) is 18.1 Å². The fourth-order valence-corrected chi connectivity index (χ4v) is 2.56. The van der Waals surface area contributed by atoms with Gasteiger partial charge in [-0.05, 0) is 51.0 Å². The van der Waals surface area contributed by atoms with Crippen molar-refractivity contribution in [2.24, 2.45) is 0 Å². The number of urea groups is 1. The third-order valence-electron chi connectivity index (χ3n) is 3.69. The topological polar surface area (TPSA) is 53.6 Å². The van der Waals surface area contributed by atoms with Gasteiger partial charge in [0.2, 0.25) is 0 Å². The quantitative estimate of drug-likeness (QED) is 0.895. The minimum atomic E-state index is -0.0621. The number of benzene rings is 1. The maximum absolute atomic E-state index is 11.7. The van der Waals surface area contributed by atoms with Crippen molar-refractivity contribution >= 4 is 11.7 Å². The highest BCUT2D eigenvalue weighted by atomic mass is 16.5. The van der Waals surface area contributed by atoms with E-state index in [2.05, 4.69) is 27.7 Å². The van der Waals surface area contributed by atoms with Gasteiger partial charge in [0, 0.05) is 30.9 Å². The molecule has 1 saturated heterocycles. The van der Waals surface area contributed by atoms with E-state index in [4.69, 9.17) is 4.74 Å². The number of amides is 2. The normalized spacial score (nSPS) is 15.9. The van der Waals surface area contributed by atoms with Gasteiger partial charge in [0.25, 0.3) is 0 Å². The summed E-state index contributed by atoms with van der Waals surface area (Å²) in [4.78, 5) is 14.0. The average molecular weight is 291 g/mol. The zero-order chi connectivity index (χ0) is 15.2. The fourth-order valence-electron chi connectivity index (χ4n) is 2.56. The Bertz CT molecular complexity index is 451. The summed E-state index contributed by atoms with van der Waals surface area (Å²) in [5.74, 6) is 0.876. The van der Waals surface area contributed by atoms with Gasteiger partial charge in [-0.2, -0.15) is 0 Å². The molecule has 0 unspecified atom stereocenters. The van der Waals surface area contributed by atoms with Crippen LogP contribution in [0, 0.1) is 0 Å². The molecule has 2 amide bonds. The fraction of sp³-hybridized carbons (Fsp3) is 0.562. The molecule has 5 heteroatoms. The van der Waals surface area contributed by atoms with E-state index in [9.17, 15) is 4.79 Å². The van der Waals surface area contributed by atoms with E-state index in [0.29, 0.717) is 0 Å². The summed E-state index contributed by atoms with van der Waals surface area (Å²) in [7, 11) is 1.67. The van der Waals surface area contributed by atoms with Gasteiger partial charge < -0.3 is 20.3 Å². The summed E-state index contributed by atoms with van der Waals surface area (Å²) in [6.45, 7) is 5.84. The first-order valence-corrected chi connectivity index (χ1v) is 7.54. The van der Waals surface area contributed by atoms with Gasteiger partial charge in [-0.1, -0.05) is 0 Å². The van der Waals surface area contributed by atoms with Crippen LogP contribution in [0.3, 0.4) is 0 Å². The predicted octanol–water partition coefficient (Wildman–Crippen LogP) is 2.37. The zero-order valence-corrected chi connectivity index (χ0v) is 13.1. The number of carbonyl (C=O) groups excluding carboxylic acids is 1. The Morgan fingerprint density at radius 1 is 1.24 bits per heavy atom. The number of anilines is 1. The molecular formula is C16H25N3O2. The second kappa shape index (κ2) is 7.20. The zero-order valence-electron chi connectivity index (χ0n) is 13.1. The Hall–Kier alpha value is -1.91. The maximum Gasteiger partial charge on any atom is 0.315 e. The number of methoxy groups -OCH3 is 1. The van der Waals surface area contributed by atoms with Crippen LogP contribution in [-0.2, 0) is 0 Å². The number of piperidine rings is 1. The lowest BCUT2D eigenvalue weighted by atomic mass is 10.0. The molecule has 0 bridgehead atoms. The van der Waals surface area contributed by atoms with Gasteiger partial charge in [-0.15, -0.1) is 0 Å². The highest BCUT2D eigenvalue weighted by Gasteiger charge is 2.21. The van der Waals surface area contributed by atoms with Crippen molar-refractivity contribution in [1.82, 2.24) is 10.6 Å². The van der Waals surface area contributed by atoms with Crippen molar-refractivity contribution in [2.75, 3.05) is 25.1 Å². The second-order valence-electron chi connectivity index (χ2n) is 5.73. The Kier molecular flexibility index (Phi) is 5.31. The van der Waals surface area contributed by atoms with Gasteiger partial charge in [-0.3, -0.25) is 0 Å². The van der Waals surface area contributed by atoms with Gasteiger partial charge in [0.05, 0.1) is 7.11 Å². The SMILES string of the molecule is COc1ccc(N2CCC(NC(=O)NC(C)C)CC2)cc1. The van der Waals surface area contributed by atoms with Crippen molar-refractivity contribution in [3.63, 3.8) is 0 Å². The molecule has 2 N–H and O–H groups in total. The van der Waals surface area contributed by atoms with Crippen LogP contribution in [0.5, 0.6) is 5.75 Å². The summed E-state index contributed by atoms with van der Waals surface area (Å²) in [5.41, 5.74) is 1.21. The minimum Gasteiger partial charge on any atom is -0.497 e. The molecule has 0 spiro atoms. The molecule has 0 aliphatic carbocycles. The van der Waals surface area contributed by atoms with Crippen LogP contribution < -0.4 is 20.3 Å². The highest BCUT2D eigenvalue weighted by molar-refractivity contribution is 5.74. The molecule has 0 radical (unpaired) electrons. The molecule has 21 heavy (non-hydrogen) atoms. The number of hydrogen-bond donors (Lipinski definition) is 2. The van der Waals surface area contributed by atoms with Crippen LogP contribution in [0.2, 0.25) is 0 Å². The third-order valence-corrected chi connectivity index (χ3v) is 3.69. The van der Waals surface area contributed by atoms with Gasteiger partial charge in [0.15, 0.2) is 0 Å². The van der Waals surface area contributed by atoms with Crippen LogP contribution >= 0.6 is 0 Å². The number of hydrogen-bond acceptors (Lipinski definition) is 3. The Balaban J connectivity index is 1.81. The first-order valence-electron chi connectivity index (χ1n) is 7.54. The summed E-state index contributed by atoms with van der Waals surface area (Å²) in [6, 6.07) is 8.50. The van der Waals surface area contributed by atoms with Gasteiger partial charge >= 0.3 is 6.03 Å². The van der Waals surface area contributed by atoms with Crippen LogP contribution in [-0.4, -0.2) is 38.3 Å². The van der Waals surface area contributed by atoms with Gasteiger partial charge in [0.1, 0.15) is 5.75 Å². The number of ether oxygens (including phenoxy) is 1. The van der Waals surface area contributed by atoms with E-state index in [1.165, 1.54) is 5.69 Å². The van der Waals surface area contributed by atoms with Crippen LogP contribution in [0.1, 0.15) is 26.7 Å². The van der Waals surface area contributed by atoms with Crippen molar-refractivity contribution < 1.29 is 9.53 Å². The van der Waals surface area contributed by atoms with E-state index in [1.54, 1.807) is 7.11 Å². The largest absolute Gasteiger partial charge is 0.497 e. The summed E-state index contributed by atoms with van der Waals surface area (Å²) in [5, 5.41) is 5.91.